The zero-order chi connectivity index (χ0) is 48.8. The van der Waals surface area contributed by atoms with Crippen LogP contribution in [0.5, 0.6) is 5.75 Å². The van der Waals surface area contributed by atoms with Crippen molar-refractivity contribution < 1.29 is 14.6 Å². The number of ether oxygens (including phenoxy) is 1. The summed E-state index contributed by atoms with van der Waals surface area (Å²) in [6, 6.07) is 38.6. The Morgan fingerprint density at radius 3 is 1.44 bits per heavy atom. The van der Waals surface area contributed by atoms with E-state index >= 15 is 0 Å². The van der Waals surface area contributed by atoms with Crippen molar-refractivity contribution in [2.75, 3.05) is 6.61 Å². The number of rotatable bonds is 11. The molecule has 5 heterocycles. The number of H-pyrrole nitrogens is 2. The fraction of sp³-hybridized carbons (Fsp3) is 0.0893. The molecule has 2 aliphatic rings. The smallest absolute Gasteiger partial charge is 0.313 e. The van der Waals surface area contributed by atoms with Crippen molar-refractivity contribution in [2.45, 2.75) is 25.2 Å². The van der Waals surface area contributed by atoms with Gasteiger partial charge < -0.3 is 19.8 Å². The number of halogens is 7. The van der Waals surface area contributed by atoms with E-state index in [2.05, 4.69) is 9.97 Å². The average Bonchev–Trinajstić information content (AvgIpc) is 4.18. The number of carboxylic acids is 1. The minimum Gasteiger partial charge on any atom is -0.493 e. The van der Waals surface area contributed by atoms with E-state index in [9.17, 15) is 9.90 Å². The van der Waals surface area contributed by atoms with Crippen LogP contribution in [0.25, 0.3) is 90.9 Å². The Labute approximate surface area is 437 Å². The van der Waals surface area contributed by atoms with Crippen LogP contribution >= 0.6 is 81.2 Å². The average molecular weight is 1060 g/mol. The fourth-order valence-electron chi connectivity index (χ4n) is 9.13. The maximum Gasteiger partial charge on any atom is 0.313 e. The molecule has 7 nitrogen and oxygen atoms in total. The van der Waals surface area contributed by atoms with Crippen LogP contribution in [-0.2, 0) is 10.2 Å². The molecule has 0 spiro atoms. The number of nitrogens with one attached hydrogen (secondary N) is 2. The molecule has 0 amide bonds. The quantitative estimate of drug-likeness (QED) is 0.112. The van der Waals surface area contributed by atoms with Crippen molar-refractivity contribution >= 4 is 134 Å². The standard InChI is InChI=1S/C56H37Cl7N4O3/c1-56(55(68)69,31-9-3-2-4-10-31)25-8-26-70-47-16-7-15-38(63)51(47)54-45-20-18-40(65-45)48(30-27-32(57)29-33(58)28-30)39-17-19-41(64-39)52(49-34(59)11-5-12-35(49)60)42-21-22-43(66-42)53(44-23-24-46(54)67-44)50-36(61)13-6-14-37(50)62/h2-7,9-24,27-29,64-65H,8,25-26H2,1H3,(H,68,69). The molecule has 0 aliphatic carbocycles. The first kappa shape index (κ1) is 47.7. The first-order chi connectivity index (χ1) is 33.8. The molecular formula is C56H37Cl7N4O3. The molecule has 8 aromatic rings. The van der Waals surface area contributed by atoms with Gasteiger partial charge >= 0.3 is 5.97 Å². The lowest BCUT2D eigenvalue weighted by molar-refractivity contribution is -0.143. The second kappa shape index (κ2) is 19.7. The molecule has 0 saturated heterocycles. The molecule has 3 N–H and O–H groups in total. The van der Waals surface area contributed by atoms with Crippen molar-refractivity contribution in [3.05, 3.63) is 191 Å². The number of nitrogens with zero attached hydrogens (tertiary/aromatic N) is 2. The number of hydrogen-bond donors (Lipinski definition) is 3. The molecule has 3 aromatic heterocycles. The molecule has 0 fully saturated rings. The summed E-state index contributed by atoms with van der Waals surface area (Å²) in [5, 5.41) is 13.3. The minimum atomic E-state index is -1.13. The molecule has 10 rings (SSSR count). The van der Waals surface area contributed by atoms with Crippen molar-refractivity contribution in [1.82, 2.24) is 19.9 Å². The van der Waals surface area contributed by atoms with Gasteiger partial charge in [0.25, 0.3) is 0 Å². The lowest BCUT2D eigenvalue weighted by Crippen LogP contribution is -2.32. The second-order valence-electron chi connectivity index (χ2n) is 16.9. The molecule has 1 unspecified atom stereocenters. The van der Waals surface area contributed by atoms with E-state index in [1.165, 1.54) is 0 Å². The third-order valence-electron chi connectivity index (χ3n) is 12.5. The predicted octanol–water partition coefficient (Wildman–Crippen LogP) is 18.1. The van der Waals surface area contributed by atoms with Crippen LogP contribution in [0.15, 0.2) is 127 Å². The molecule has 70 heavy (non-hydrogen) atoms. The van der Waals surface area contributed by atoms with E-state index in [4.69, 9.17) is 95.9 Å². The fourth-order valence-corrected chi connectivity index (χ4v) is 11.1. The van der Waals surface area contributed by atoms with Gasteiger partial charge in [0.15, 0.2) is 0 Å². The molecule has 14 heteroatoms. The summed E-state index contributed by atoms with van der Waals surface area (Å²) in [5.74, 6) is -0.446. The maximum atomic E-state index is 12.7. The molecule has 2 aliphatic heterocycles. The second-order valence-corrected chi connectivity index (χ2v) is 19.8. The summed E-state index contributed by atoms with van der Waals surface area (Å²) in [5.41, 5.74) is 9.43. The molecule has 8 bridgehead atoms. The number of benzene rings is 5. The van der Waals surface area contributed by atoms with E-state index in [1.54, 1.807) is 55.5 Å². The Bertz CT molecular complexity index is 3600. The van der Waals surface area contributed by atoms with Crippen LogP contribution in [0.2, 0.25) is 35.2 Å². The van der Waals surface area contributed by atoms with E-state index in [0.29, 0.717) is 138 Å². The lowest BCUT2D eigenvalue weighted by atomic mass is 9.79. The van der Waals surface area contributed by atoms with E-state index < -0.39 is 11.4 Å². The van der Waals surface area contributed by atoms with Gasteiger partial charge in [0.05, 0.1) is 59.9 Å². The normalized spacial score (nSPS) is 12.9. The predicted molar refractivity (Wildman–Crippen MR) is 292 cm³/mol. The first-order valence-electron chi connectivity index (χ1n) is 22.0. The van der Waals surface area contributed by atoms with Gasteiger partial charge in [-0.1, -0.05) is 130 Å². The summed E-state index contributed by atoms with van der Waals surface area (Å²) in [7, 11) is 0. The summed E-state index contributed by atoms with van der Waals surface area (Å²) in [4.78, 5) is 30.7. The topological polar surface area (TPSA) is 104 Å². The third kappa shape index (κ3) is 9.01. The Morgan fingerprint density at radius 1 is 0.514 bits per heavy atom. The highest BCUT2D eigenvalue weighted by molar-refractivity contribution is 6.41. The van der Waals surface area contributed by atoms with Crippen LogP contribution in [0.3, 0.4) is 0 Å². The van der Waals surface area contributed by atoms with Crippen LogP contribution in [0.1, 0.15) is 48.1 Å². The van der Waals surface area contributed by atoms with Gasteiger partial charge in [-0.3, -0.25) is 4.79 Å². The monoisotopic (exact) mass is 1060 g/mol. The first-order valence-corrected chi connectivity index (χ1v) is 24.7. The SMILES string of the molecule is CC(CCCOc1cccc(Cl)c1-c1c2nc(c(-c3c(Cl)cccc3Cl)c3nc(c(-c4c(Cl)cccc4Cl)c4ccc([nH]4)c(-c4cc(Cl)cc(Cl)c4)c4ccc1[nH]4)C=C3)C=C2)(C(=O)O)c1ccccc1. The number of aromatic amines is 2. The largest absolute Gasteiger partial charge is 0.493 e. The van der Waals surface area contributed by atoms with Gasteiger partial charge in [-0.05, 0) is 134 Å². The van der Waals surface area contributed by atoms with Crippen LogP contribution in [0.4, 0.5) is 0 Å². The molecule has 0 radical (unpaired) electrons. The summed E-state index contributed by atoms with van der Waals surface area (Å²) in [6.07, 6.45) is 8.35. The molecule has 1 atom stereocenters. The van der Waals surface area contributed by atoms with Crippen LogP contribution in [-0.4, -0.2) is 37.6 Å². The zero-order valence-electron chi connectivity index (χ0n) is 36.9. The van der Waals surface area contributed by atoms with Gasteiger partial charge in [-0.2, -0.15) is 0 Å². The van der Waals surface area contributed by atoms with Gasteiger partial charge in [0.1, 0.15) is 5.75 Å². The lowest BCUT2D eigenvalue weighted by Gasteiger charge is -2.25. The molecule has 0 saturated carbocycles. The van der Waals surface area contributed by atoms with Crippen molar-refractivity contribution in [3.63, 3.8) is 0 Å². The number of hydrogen-bond acceptors (Lipinski definition) is 4. The Morgan fingerprint density at radius 2 is 0.943 bits per heavy atom. The summed E-state index contributed by atoms with van der Waals surface area (Å²) in [6.45, 7) is 1.93. The Balaban J connectivity index is 1.27. The Kier molecular flexibility index (Phi) is 13.4. The zero-order valence-corrected chi connectivity index (χ0v) is 42.2. The Hall–Kier alpha value is -6.00. The van der Waals surface area contributed by atoms with Crippen molar-refractivity contribution in [3.8, 4) is 50.3 Å². The van der Waals surface area contributed by atoms with Crippen LogP contribution < -0.4 is 4.74 Å². The number of carbonyl (C=O) groups is 1. The van der Waals surface area contributed by atoms with Gasteiger partial charge in [-0.15, -0.1) is 0 Å². The highest BCUT2D eigenvalue weighted by Crippen LogP contribution is 2.46. The van der Waals surface area contributed by atoms with Crippen molar-refractivity contribution in [2.24, 2.45) is 0 Å². The van der Waals surface area contributed by atoms with E-state index in [1.807, 2.05) is 103 Å². The molecule has 5 aromatic carbocycles. The number of fused-ring (bicyclic) bond motifs is 8. The van der Waals surface area contributed by atoms with E-state index in [0.717, 1.165) is 11.1 Å². The number of carboxylic acid groups (broad SMARTS) is 1. The van der Waals surface area contributed by atoms with Gasteiger partial charge in [0, 0.05) is 71.1 Å². The van der Waals surface area contributed by atoms with E-state index in [-0.39, 0.29) is 6.61 Å². The number of aliphatic carboxylic acids is 1. The molecular weight excluding hydrogens is 1020 g/mol. The summed E-state index contributed by atoms with van der Waals surface area (Å²) < 4.78 is 6.61. The molecule has 348 valence electrons. The van der Waals surface area contributed by atoms with Crippen LogP contribution in [0, 0.1) is 0 Å². The minimum absolute atomic E-state index is 0.195. The summed E-state index contributed by atoms with van der Waals surface area (Å²) >= 11 is 48.8. The number of aromatic nitrogens is 4. The third-order valence-corrected chi connectivity index (χ3v) is 14.5. The van der Waals surface area contributed by atoms with Gasteiger partial charge in [-0.25, -0.2) is 9.97 Å². The van der Waals surface area contributed by atoms with Gasteiger partial charge in [0.2, 0.25) is 0 Å². The highest BCUT2D eigenvalue weighted by Gasteiger charge is 2.34. The van der Waals surface area contributed by atoms with Crippen molar-refractivity contribution in [1.29, 1.82) is 0 Å². The maximum absolute atomic E-state index is 12.7. The highest BCUT2D eigenvalue weighted by atomic mass is 35.5.